The summed E-state index contributed by atoms with van der Waals surface area (Å²) in [5.74, 6) is 0.302. The molecule has 0 radical (unpaired) electrons. The van der Waals surface area contributed by atoms with Crippen LogP contribution in [0.5, 0.6) is 0 Å². The van der Waals surface area contributed by atoms with Crippen molar-refractivity contribution in [1.82, 2.24) is 0 Å². The lowest BCUT2D eigenvalue weighted by Crippen LogP contribution is -2.30. The summed E-state index contributed by atoms with van der Waals surface area (Å²) in [6, 6.07) is 8.80. The first-order valence-electron chi connectivity index (χ1n) is 7.19. The van der Waals surface area contributed by atoms with Gasteiger partial charge in [-0.3, -0.25) is 4.79 Å². The molecule has 1 atom stereocenters. The first kappa shape index (κ1) is 15.5. The van der Waals surface area contributed by atoms with Crippen LogP contribution in [0.15, 0.2) is 24.3 Å². The summed E-state index contributed by atoms with van der Waals surface area (Å²) in [7, 11) is 0. The molecule has 0 bridgehead atoms. The van der Waals surface area contributed by atoms with E-state index in [0.29, 0.717) is 23.8 Å². The van der Waals surface area contributed by atoms with Crippen LogP contribution in [0.3, 0.4) is 0 Å². The molecule has 21 heavy (non-hydrogen) atoms. The number of hydrogen-bond donors (Lipinski definition) is 1. The Bertz CT molecular complexity index is 501. The second-order valence-corrected chi connectivity index (χ2v) is 5.21. The first-order chi connectivity index (χ1) is 10.2. The van der Waals surface area contributed by atoms with Crippen LogP contribution >= 0.6 is 0 Å². The van der Waals surface area contributed by atoms with Crippen molar-refractivity contribution in [2.75, 3.05) is 25.1 Å². The molecule has 1 aliphatic rings. The molecule has 2 rings (SSSR count). The van der Waals surface area contributed by atoms with Crippen molar-refractivity contribution >= 4 is 11.6 Å². The third-order valence-corrected chi connectivity index (χ3v) is 3.57. The van der Waals surface area contributed by atoms with Crippen LogP contribution in [0.1, 0.15) is 25.3 Å². The molecule has 0 spiro atoms. The Labute approximate surface area is 124 Å². The Hall–Kier alpha value is -1.90. The molecule has 0 aliphatic carbocycles. The topological polar surface area (TPSA) is 71.3 Å². The van der Waals surface area contributed by atoms with E-state index in [1.165, 1.54) is 0 Å². The van der Waals surface area contributed by atoms with Gasteiger partial charge in [0.15, 0.2) is 0 Å². The highest BCUT2D eigenvalue weighted by atomic mass is 16.5. The zero-order chi connectivity index (χ0) is 15.1. The third kappa shape index (κ3) is 4.85. The van der Waals surface area contributed by atoms with Crippen LogP contribution in [-0.4, -0.2) is 31.8 Å². The van der Waals surface area contributed by atoms with E-state index < -0.39 is 6.10 Å². The minimum atomic E-state index is -0.497. The maximum atomic E-state index is 12.0. The summed E-state index contributed by atoms with van der Waals surface area (Å²) in [5, 5.41) is 11.5. The Morgan fingerprint density at radius 3 is 2.71 bits per heavy atom. The largest absolute Gasteiger partial charge is 0.381 e. The third-order valence-electron chi connectivity index (χ3n) is 3.57. The van der Waals surface area contributed by atoms with Gasteiger partial charge in [-0.05, 0) is 49.9 Å². The Balaban J connectivity index is 1.77. The molecule has 0 saturated carbocycles. The summed E-state index contributed by atoms with van der Waals surface area (Å²) in [5.41, 5.74) is 1.23. The molecule has 1 unspecified atom stereocenters. The van der Waals surface area contributed by atoms with E-state index in [-0.39, 0.29) is 5.91 Å². The van der Waals surface area contributed by atoms with Gasteiger partial charge in [-0.25, -0.2) is 0 Å². The average Bonchev–Trinajstić information content (AvgIpc) is 2.54. The Morgan fingerprint density at radius 2 is 2.10 bits per heavy atom. The lowest BCUT2D eigenvalue weighted by atomic mass is 10.0. The van der Waals surface area contributed by atoms with Crippen molar-refractivity contribution < 1.29 is 14.3 Å². The zero-order valence-corrected chi connectivity index (χ0v) is 12.2. The molecule has 1 N–H and O–H groups in total. The van der Waals surface area contributed by atoms with Crippen LogP contribution in [0, 0.1) is 17.2 Å². The van der Waals surface area contributed by atoms with Crippen LogP contribution in [0.25, 0.3) is 0 Å². The standard InChI is InChI=1S/C16H20N2O3/c1-12(21-11-14-6-8-20-9-7-14)16(19)18-15-4-2-13(10-17)3-5-15/h2-5,12,14H,6-9,11H2,1H3,(H,18,19). The summed E-state index contributed by atoms with van der Waals surface area (Å²) < 4.78 is 10.9. The molecule has 5 nitrogen and oxygen atoms in total. The lowest BCUT2D eigenvalue weighted by molar-refractivity contribution is -0.127. The van der Waals surface area contributed by atoms with Crippen molar-refractivity contribution in [1.29, 1.82) is 5.26 Å². The maximum absolute atomic E-state index is 12.0. The summed E-state index contributed by atoms with van der Waals surface area (Å²) in [4.78, 5) is 12.0. The minimum Gasteiger partial charge on any atom is -0.381 e. The van der Waals surface area contributed by atoms with Crippen molar-refractivity contribution in [3.8, 4) is 6.07 Å². The molecular weight excluding hydrogens is 268 g/mol. The Kier molecular flexibility index (Phi) is 5.73. The van der Waals surface area contributed by atoms with E-state index in [9.17, 15) is 4.79 Å². The highest BCUT2D eigenvalue weighted by Gasteiger charge is 2.18. The minimum absolute atomic E-state index is 0.174. The highest BCUT2D eigenvalue weighted by molar-refractivity contribution is 5.93. The lowest BCUT2D eigenvalue weighted by Gasteiger charge is -2.23. The van der Waals surface area contributed by atoms with Crippen LogP contribution in [0.4, 0.5) is 5.69 Å². The molecule has 5 heteroatoms. The molecule has 1 heterocycles. The second-order valence-electron chi connectivity index (χ2n) is 5.21. The summed E-state index contributed by atoms with van der Waals surface area (Å²) in [6.45, 7) is 3.89. The molecule has 1 aromatic rings. The van der Waals surface area contributed by atoms with Crippen LogP contribution < -0.4 is 5.32 Å². The monoisotopic (exact) mass is 288 g/mol. The molecule has 1 aromatic carbocycles. The van der Waals surface area contributed by atoms with Gasteiger partial charge in [0.2, 0.25) is 0 Å². The molecule has 1 amide bonds. The number of hydrogen-bond acceptors (Lipinski definition) is 4. The number of anilines is 1. The van der Waals surface area contributed by atoms with Gasteiger partial charge >= 0.3 is 0 Å². The SMILES string of the molecule is CC(OCC1CCOCC1)C(=O)Nc1ccc(C#N)cc1. The van der Waals surface area contributed by atoms with Gasteiger partial charge in [-0.1, -0.05) is 0 Å². The first-order valence-corrected chi connectivity index (χ1v) is 7.19. The number of benzene rings is 1. The van der Waals surface area contributed by atoms with Crippen LogP contribution in [0.2, 0.25) is 0 Å². The van der Waals surface area contributed by atoms with Crippen molar-refractivity contribution in [2.24, 2.45) is 5.92 Å². The van der Waals surface area contributed by atoms with Crippen LogP contribution in [-0.2, 0) is 14.3 Å². The molecule has 1 aliphatic heterocycles. The van der Waals surface area contributed by atoms with E-state index in [1.807, 2.05) is 6.07 Å². The quantitative estimate of drug-likeness (QED) is 0.902. The molecule has 1 fully saturated rings. The van der Waals surface area contributed by atoms with Gasteiger partial charge in [0.25, 0.3) is 5.91 Å². The molecule has 0 aromatic heterocycles. The average molecular weight is 288 g/mol. The van der Waals surface area contributed by atoms with Gasteiger partial charge in [-0.15, -0.1) is 0 Å². The van der Waals surface area contributed by atoms with Crippen molar-refractivity contribution in [2.45, 2.75) is 25.9 Å². The van der Waals surface area contributed by atoms with Gasteiger partial charge < -0.3 is 14.8 Å². The molecule has 1 saturated heterocycles. The fourth-order valence-corrected chi connectivity index (χ4v) is 2.14. The van der Waals surface area contributed by atoms with E-state index in [4.69, 9.17) is 14.7 Å². The van der Waals surface area contributed by atoms with E-state index >= 15 is 0 Å². The van der Waals surface area contributed by atoms with E-state index in [2.05, 4.69) is 5.32 Å². The summed E-state index contributed by atoms with van der Waals surface area (Å²) in [6.07, 6.45) is 1.48. The van der Waals surface area contributed by atoms with E-state index in [0.717, 1.165) is 26.1 Å². The number of ether oxygens (including phenoxy) is 2. The Morgan fingerprint density at radius 1 is 1.43 bits per heavy atom. The van der Waals surface area contributed by atoms with Gasteiger partial charge in [-0.2, -0.15) is 5.26 Å². The highest BCUT2D eigenvalue weighted by Crippen LogP contribution is 2.16. The van der Waals surface area contributed by atoms with Gasteiger partial charge in [0.1, 0.15) is 6.10 Å². The zero-order valence-electron chi connectivity index (χ0n) is 12.2. The maximum Gasteiger partial charge on any atom is 0.253 e. The second kappa shape index (κ2) is 7.77. The number of carbonyl (C=O) groups excluding carboxylic acids is 1. The normalized spacial score (nSPS) is 17.0. The van der Waals surface area contributed by atoms with Crippen molar-refractivity contribution in [3.63, 3.8) is 0 Å². The number of amides is 1. The summed E-state index contributed by atoms with van der Waals surface area (Å²) >= 11 is 0. The van der Waals surface area contributed by atoms with E-state index in [1.54, 1.807) is 31.2 Å². The smallest absolute Gasteiger partial charge is 0.253 e. The number of nitrogens with one attached hydrogen (secondary N) is 1. The predicted octanol–water partition coefficient (Wildman–Crippen LogP) is 2.33. The van der Waals surface area contributed by atoms with Gasteiger partial charge in [0, 0.05) is 18.9 Å². The number of nitrogens with zero attached hydrogens (tertiary/aromatic N) is 1. The predicted molar refractivity (Wildman–Crippen MR) is 78.7 cm³/mol. The fraction of sp³-hybridized carbons (Fsp3) is 0.500. The van der Waals surface area contributed by atoms with Gasteiger partial charge in [0.05, 0.1) is 18.2 Å². The fourth-order valence-electron chi connectivity index (χ4n) is 2.14. The number of carbonyl (C=O) groups is 1. The molecule has 112 valence electrons. The number of rotatable bonds is 5. The number of nitriles is 1. The van der Waals surface area contributed by atoms with Crippen molar-refractivity contribution in [3.05, 3.63) is 29.8 Å². The molecular formula is C16H20N2O3.